The summed E-state index contributed by atoms with van der Waals surface area (Å²) in [6.07, 6.45) is 0. The maximum atomic E-state index is 4.42. The Hall–Kier alpha value is -1.80. The van der Waals surface area contributed by atoms with Gasteiger partial charge < -0.3 is 15.1 Å². The quantitative estimate of drug-likeness (QED) is 0.586. The van der Waals surface area contributed by atoms with Gasteiger partial charge in [-0.3, -0.25) is 5.10 Å². The maximum absolute atomic E-state index is 4.42. The van der Waals surface area contributed by atoms with Crippen molar-refractivity contribution in [3.05, 3.63) is 17.8 Å². The summed E-state index contributed by atoms with van der Waals surface area (Å²) < 4.78 is 0. The molecule has 8 heteroatoms. The number of H-pyrrole nitrogens is 1. The molecule has 2 aromatic rings. The molecule has 1 aliphatic heterocycles. The molecule has 3 heterocycles. The Morgan fingerprint density at radius 3 is 2.57 bits per heavy atom. The molecule has 1 fully saturated rings. The van der Waals surface area contributed by atoms with E-state index in [0.717, 1.165) is 43.5 Å². The van der Waals surface area contributed by atoms with Gasteiger partial charge in [0.25, 0.3) is 0 Å². The molecule has 0 aliphatic carbocycles. The predicted molar refractivity (Wildman–Crippen MR) is 85.6 cm³/mol. The van der Waals surface area contributed by atoms with Crippen molar-refractivity contribution < 1.29 is 0 Å². The minimum Gasteiger partial charge on any atom is -0.354 e. The van der Waals surface area contributed by atoms with Gasteiger partial charge in [-0.1, -0.05) is 0 Å². The van der Waals surface area contributed by atoms with E-state index >= 15 is 0 Å². The highest BCUT2D eigenvalue weighted by atomic mass is 32.1. The second-order valence-corrected chi connectivity index (χ2v) is 5.66. The summed E-state index contributed by atoms with van der Waals surface area (Å²) in [5, 5.41) is 10.7. The summed E-state index contributed by atoms with van der Waals surface area (Å²) >= 11 is 4.31. The summed E-state index contributed by atoms with van der Waals surface area (Å²) in [6, 6.07) is 3.87. The van der Waals surface area contributed by atoms with E-state index in [2.05, 4.69) is 55.0 Å². The zero-order valence-electron chi connectivity index (χ0n) is 12.2. The van der Waals surface area contributed by atoms with Crippen LogP contribution in [-0.2, 0) is 0 Å². The maximum Gasteiger partial charge on any atom is 0.188 e. The first kappa shape index (κ1) is 14.2. The van der Waals surface area contributed by atoms with E-state index in [1.807, 2.05) is 19.1 Å². The highest BCUT2D eigenvalue weighted by molar-refractivity contribution is 7.80. The number of anilines is 3. The fraction of sp³-hybridized carbons (Fsp3) is 0.462. The van der Waals surface area contributed by atoms with Crippen LogP contribution >= 0.6 is 12.6 Å². The molecule has 0 unspecified atom stereocenters. The molecule has 7 nitrogen and oxygen atoms in total. The number of thiol groups is 1. The lowest BCUT2D eigenvalue weighted by Crippen LogP contribution is -2.44. The number of aromatic nitrogens is 4. The number of nitrogens with zero attached hydrogens (tertiary/aromatic N) is 5. The minimum absolute atomic E-state index is 0.459. The van der Waals surface area contributed by atoms with Gasteiger partial charge in [0.1, 0.15) is 11.6 Å². The summed E-state index contributed by atoms with van der Waals surface area (Å²) in [6.45, 7) is 5.95. The van der Waals surface area contributed by atoms with Crippen molar-refractivity contribution >= 4 is 30.1 Å². The molecular weight excluding hydrogens is 286 g/mol. The van der Waals surface area contributed by atoms with Crippen LogP contribution in [0.3, 0.4) is 0 Å². The second kappa shape index (κ2) is 5.90. The Balaban J connectivity index is 1.79. The third-order valence-corrected chi connectivity index (χ3v) is 3.69. The van der Waals surface area contributed by atoms with Gasteiger partial charge >= 0.3 is 0 Å². The molecule has 1 aliphatic rings. The third kappa shape index (κ3) is 3.45. The van der Waals surface area contributed by atoms with E-state index in [9.17, 15) is 0 Å². The average Bonchev–Trinajstić information content (AvgIpc) is 2.84. The molecule has 3 rings (SSSR count). The molecule has 0 bridgehead atoms. The van der Waals surface area contributed by atoms with Crippen LogP contribution in [0.5, 0.6) is 0 Å². The number of nitrogens with one attached hydrogen (secondary N) is 2. The largest absolute Gasteiger partial charge is 0.354 e. The van der Waals surface area contributed by atoms with Gasteiger partial charge in [0.2, 0.25) is 0 Å². The lowest BCUT2D eigenvalue weighted by atomic mass is 10.3. The van der Waals surface area contributed by atoms with Gasteiger partial charge in [0.05, 0.1) is 0 Å². The molecule has 1 saturated heterocycles. The van der Waals surface area contributed by atoms with E-state index < -0.39 is 0 Å². The smallest absolute Gasteiger partial charge is 0.188 e. The fourth-order valence-electron chi connectivity index (χ4n) is 2.30. The standard InChI is InChI=1S/C13H19N7S/c1-9-7-11(18-17-9)14-10-8-12(16-13(21)15-10)20-5-3-19(2)4-6-20/h7-8H,3-6H2,1-2H3,(H3,14,15,16,17,18,21). The van der Waals surface area contributed by atoms with Crippen LogP contribution in [0.4, 0.5) is 17.5 Å². The van der Waals surface area contributed by atoms with E-state index in [0.29, 0.717) is 11.0 Å². The van der Waals surface area contributed by atoms with Gasteiger partial charge in [-0.2, -0.15) is 5.10 Å². The van der Waals surface area contributed by atoms with Crippen LogP contribution in [0.2, 0.25) is 0 Å². The van der Waals surface area contributed by atoms with Gasteiger partial charge in [0.15, 0.2) is 11.0 Å². The Morgan fingerprint density at radius 1 is 1.14 bits per heavy atom. The molecular formula is C13H19N7S. The van der Waals surface area contributed by atoms with Gasteiger partial charge in [0, 0.05) is 44.0 Å². The Bertz CT molecular complexity index is 619. The van der Waals surface area contributed by atoms with Crippen molar-refractivity contribution in [2.75, 3.05) is 43.4 Å². The molecule has 2 aromatic heterocycles. The first-order chi connectivity index (χ1) is 10.1. The normalized spacial score (nSPS) is 16.2. The summed E-state index contributed by atoms with van der Waals surface area (Å²) in [5.41, 5.74) is 0.997. The van der Waals surface area contributed by atoms with Crippen molar-refractivity contribution in [3.8, 4) is 0 Å². The zero-order valence-corrected chi connectivity index (χ0v) is 13.1. The highest BCUT2D eigenvalue weighted by Crippen LogP contribution is 2.21. The Morgan fingerprint density at radius 2 is 1.90 bits per heavy atom. The zero-order chi connectivity index (χ0) is 14.8. The van der Waals surface area contributed by atoms with Crippen LogP contribution < -0.4 is 10.2 Å². The van der Waals surface area contributed by atoms with Crippen molar-refractivity contribution in [2.24, 2.45) is 0 Å². The van der Waals surface area contributed by atoms with E-state index in [1.165, 1.54) is 0 Å². The molecule has 0 atom stereocenters. The molecule has 112 valence electrons. The Labute approximate surface area is 129 Å². The topological polar surface area (TPSA) is 73.0 Å². The molecule has 0 spiro atoms. The lowest BCUT2D eigenvalue weighted by molar-refractivity contribution is 0.312. The Kier molecular flexibility index (Phi) is 3.98. The SMILES string of the molecule is Cc1cc(Nc2cc(N3CCN(C)CC3)nc(S)n2)n[nH]1. The molecule has 0 aromatic carbocycles. The number of hydrogen-bond acceptors (Lipinski definition) is 7. The fourth-order valence-corrected chi connectivity index (χ4v) is 2.51. The summed E-state index contributed by atoms with van der Waals surface area (Å²) in [5.74, 6) is 2.34. The predicted octanol–water partition coefficient (Wildman–Crippen LogP) is 1.29. The van der Waals surface area contributed by atoms with Crippen LogP contribution in [0, 0.1) is 6.92 Å². The first-order valence-electron chi connectivity index (χ1n) is 6.91. The minimum atomic E-state index is 0.459. The number of aromatic amines is 1. The van der Waals surface area contributed by atoms with Crippen molar-refractivity contribution in [3.63, 3.8) is 0 Å². The van der Waals surface area contributed by atoms with Crippen molar-refractivity contribution in [1.82, 2.24) is 25.1 Å². The van der Waals surface area contributed by atoms with Crippen LogP contribution in [-0.4, -0.2) is 58.3 Å². The van der Waals surface area contributed by atoms with E-state index in [-0.39, 0.29) is 0 Å². The number of hydrogen-bond donors (Lipinski definition) is 3. The van der Waals surface area contributed by atoms with Crippen LogP contribution in [0.25, 0.3) is 0 Å². The monoisotopic (exact) mass is 305 g/mol. The van der Waals surface area contributed by atoms with Crippen molar-refractivity contribution in [2.45, 2.75) is 12.1 Å². The van der Waals surface area contributed by atoms with Gasteiger partial charge in [-0.15, -0.1) is 12.6 Å². The summed E-state index contributed by atoms with van der Waals surface area (Å²) in [4.78, 5) is 13.3. The molecule has 0 radical (unpaired) electrons. The van der Waals surface area contributed by atoms with Gasteiger partial charge in [-0.25, -0.2) is 9.97 Å². The molecule has 21 heavy (non-hydrogen) atoms. The number of likely N-dealkylation sites (N-methyl/N-ethyl adjacent to an activating group) is 1. The summed E-state index contributed by atoms with van der Waals surface area (Å²) in [7, 11) is 2.13. The number of piperazine rings is 1. The highest BCUT2D eigenvalue weighted by Gasteiger charge is 2.16. The average molecular weight is 305 g/mol. The second-order valence-electron chi connectivity index (χ2n) is 5.26. The number of aryl methyl sites for hydroxylation is 1. The molecule has 2 N–H and O–H groups in total. The first-order valence-corrected chi connectivity index (χ1v) is 7.35. The van der Waals surface area contributed by atoms with E-state index in [1.54, 1.807) is 0 Å². The third-order valence-electron chi connectivity index (χ3n) is 3.49. The van der Waals surface area contributed by atoms with Gasteiger partial charge in [-0.05, 0) is 14.0 Å². The van der Waals surface area contributed by atoms with E-state index in [4.69, 9.17) is 0 Å². The lowest BCUT2D eigenvalue weighted by Gasteiger charge is -2.33. The molecule has 0 saturated carbocycles. The van der Waals surface area contributed by atoms with Crippen LogP contribution in [0.1, 0.15) is 5.69 Å². The van der Waals surface area contributed by atoms with Crippen molar-refractivity contribution in [1.29, 1.82) is 0 Å². The number of rotatable bonds is 3. The molecule has 0 amide bonds. The van der Waals surface area contributed by atoms with Crippen LogP contribution in [0.15, 0.2) is 17.3 Å².